The summed E-state index contributed by atoms with van der Waals surface area (Å²) in [5, 5.41) is 6.53. The topological polar surface area (TPSA) is 81.8 Å². The molecule has 1 spiro atoms. The molecule has 0 aromatic heterocycles. The van der Waals surface area contributed by atoms with E-state index in [-0.39, 0.29) is 17.7 Å². The van der Waals surface area contributed by atoms with Crippen LogP contribution in [0.15, 0.2) is 24.3 Å². The zero-order valence-corrected chi connectivity index (χ0v) is 16.4. The van der Waals surface area contributed by atoms with Crippen molar-refractivity contribution in [3.8, 4) is 0 Å². The molecule has 4 rings (SSSR count). The van der Waals surface area contributed by atoms with Gasteiger partial charge in [-0.1, -0.05) is 12.1 Å². The minimum absolute atomic E-state index is 0.0235. The Kier molecular flexibility index (Phi) is 5.00. The number of piperidine rings is 1. The Morgan fingerprint density at radius 3 is 2.57 bits per heavy atom. The number of fused-ring (bicyclic) bond motifs is 1. The number of carbonyl (C=O) groups excluding carboxylic acids is 3. The molecule has 0 saturated carbocycles. The number of likely N-dealkylation sites (tertiary alicyclic amines) is 2. The first-order chi connectivity index (χ1) is 13.5. The average molecular weight is 384 g/mol. The molecule has 28 heavy (non-hydrogen) atoms. The van der Waals surface area contributed by atoms with E-state index in [0.29, 0.717) is 31.4 Å². The van der Waals surface area contributed by atoms with E-state index < -0.39 is 11.7 Å². The van der Waals surface area contributed by atoms with Gasteiger partial charge in [-0.3, -0.25) is 14.4 Å². The molecule has 7 nitrogen and oxygen atoms in total. The van der Waals surface area contributed by atoms with Crippen molar-refractivity contribution < 1.29 is 14.4 Å². The summed E-state index contributed by atoms with van der Waals surface area (Å²) in [7, 11) is 0. The van der Waals surface area contributed by atoms with Crippen LogP contribution in [-0.4, -0.2) is 58.9 Å². The Bertz CT molecular complexity index is 790. The van der Waals surface area contributed by atoms with Crippen LogP contribution in [0.3, 0.4) is 0 Å². The number of hydrogen-bond donors (Lipinski definition) is 2. The van der Waals surface area contributed by atoms with Crippen LogP contribution in [0.2, 0.25) is 0 Å². The van der Waals surface area contributed by atoms with Gasteiger partial charge in [0, 0.05) is 38.2 Å². The maximum Gasteiger partial charge on any atom is 0.255 e. The number of carbonyl (C=O) groups is 3. The van der Waals surface area contributed by atoms with Gasteiger partial charge >= 0.3 is 0 Å². The second-order valence-electron chi connectivity index (χ2n) is 8.11. The molecule has 3 amide bonds. The lowest BCUT2D eigenvalue weighted by Crippen LogP contribution is -2.58. The zero-order chi connectivity index (χ0) is 19.7. The van der Waals surface area contributed by atoms with Crippen molar-refractivity contribution >= 4 is 23.4 Å². The van der Waals surface area contributed by atoms with E-state index in [1.807, 2.05) is 30.0 Å². The van der Waals surface area contributed by atoms with Gasteiger partial charge in [-0.05, 0) is 44.7 Å². The highest BCUT2D eigenvalue weighted by Gasteiger charge is 2.42. The highest BCUT2D eigenvalue weighted by molar-refractivity contribution is 6.02. The maximum absolute atomic E-state index is 12.9. The monoisotopic (exact) mass is 384 g/mol. The number of nitrogens with one attached hydrogen (secondary N) is 2. The van der Waals surface area contributed by atoms with Gasteiger partial charge in [-0.15, -0.1) is 0 Å². The van der Waals surface area contributed by atoms with E-state index in [1.165, 1.54) is 0 Å². The SMILES string of the molecule is CC(C(=O)N1CCCCC1)N1CCC2(CCC1=O)NC(=O)c1ccccc1N2. The van der Waals surface area contributed by atoms with E-state index in [9.17, 15) is 14.4 Å². The third-order valence-electron chi connectivity index (χ3n) is 6.26. The summed E-state index contributed by atoms with van der Waals surface area (Å²) in [4.78, 5) is 41.9. The van der Waals surface area contributed by atoms with Crippen LogP contribution in [0.4, 0.5) is 5.69 Å². The maximum atomic E-state index is 12.9. The molecule has 2 atom stereocenters. The standard InChI is InChI=1S/C21H28N4O3/c1-15(20(28)24-12-5-2-6-13-24)25-14-11-21(10-9-18(25)26)22-17-8-4-3-7-16(17)19(27)23-21/h3-4,7-8,15,22H,2,5-6,9-14H2,1H3,(H,23,27). The minimum atomic E-state index is -0.649. The largest absolute Gasteiger partial charge is 0.362 e. The number of para-hydroxylation sites is 1. The van der Waals surface area contributed by atoms with Crippen LogP contribution < -0.4 is 10.6 Å². The Morgan fingerprint density at radius 1 is 1.04 bits per heavy atom. The molecule has 3 aliphatic rings. The molecular weight excluding hydrogens is 356 g/mol. The molecule has 1 aromatic carbocycles. The van der Waals surface area contributed by atoms with E-state index in [1.54, 1.807) is 11.0 Å². The smallest absolute Gasteiger partial charge is 0.255 e. The summed E-state index contributed by atoms with van der Waals surface area (Å²) in [6.45, 7) is 3.83. The molecule has 7 heteroatoms. The van der Waals surface area contributed by atoms with Crippen molar-refractivity contribution in [2.75, 3.05) is 25.0 Å². The van der Waals surface area contributed by atoms with Gasteiger partial charge in [0.15, 0.2) is 0 Å². The summed E-state index contributed by atoms with van der Waals surface area (Å²) in [5.41, 5.74) is 0.766. The van der Waals surface area contributed by atoms with Crippen molar-refractivity contribution in [1.82, 2.24) is 15.1 Å². The van der Waals surface area contributed by atoms with Crippen LogP contribution >= 0.6 is 0 Å². The predicted octanol–water partition coefficient (Wildman–Crippen LogP) is 1.95. The normalized spacial score (nSPS) is 26.2. The van der Waals surface area contributed by atoms with Crippen molar-refractivity contribution in [2.45, 2.75) is 57.2 Å². The van der Waals surface area contributed by atoms with Crippen molar-refractivity contribution in [1.29, 1.82) is 0 Å². The molecule has 150 valence electrons. The first-order valence-electron chi connectivity index (χ1n) is 10.3. The molecule has 2 fully saturated rings. The summed E-state index contributed by atoms with van der Waals surface area (Å²) in [5.74, 6) is -0.104. The number of anilines is 1. The molecule has 2 unspecified atom stereocenters. The number of hydrogen-bond acceptors (Lipinski definition) is 4. The molecule has 3 heterocycles. The first-order valence-corrected chi connectivity index (χ1v) is 10.3. The van der Waals surface area contributed by atoms with Gasteiger partial charge in [0.2, 0.25) is 11.8 Å². The number of rotatable bonds is 2. The van der Waals surface area contributed by atoms with Gasteiger partial charge in [-0.25, -0.2) is 0 Å². The summed E-state index contributed by atoms with van der Waals surface area (Å²) >= 11 is 0. The van der Waals surface area contributed by atoms with Gasteiger partial charge in [0.05, 0.1) is 5.56 Å². The fraction of sp³-hybridized carbons (Fsp3) is 0.571. The third-order valence-corrected chi connectivity index (χ3v) is 6.26. The quantitative estimate of drug-likeness (QED) is 0.817. The Labute approximate surface area is 165 Å². The lowest BCUT2D eigenvalue weighted by atomic mass is 9.95. The summed E-state index contributed by atoms with van der Waals surface area (Å²) in [6, 6.07) is 6.95. The first kappa shape index (κ1) is 18.8. The van der Waals surface area contributed by atoms with E-state index in [0.717, 1.165) is 38.0 Å². The second-order valence-corrected chi connectivity index (χ2v) is 8.11. The molecule has 1 aromatic rings. The molecule has 2 saturated heterocycles. The highest BCUT2D eigenvalue weighted by Crippen LogP contribution is 2.32. The van der Waals surface area contributed by atoms with Crippen molar-refractivity contribution in [2.24, 2.45) is 0 Å². The Morgan fingerprint density at radius 2 is 1.79 bits per heavy atom. The average Bonchev–Trinajstić information content (AvgIpc) is 2.87. The fourth-order valence-electron chi connectivity index (χ4n) is 4.56. The summed E-state index contributed by atoms with van der Waals surface area (Å²) in [6.07, 6.45) is 4.60. The summed E-state index contributed by atoms with van der Waals surface area (Å²) < 4.78 is 0. The van der Waals surface area contributed by atoms with Crippen LogP contribution in [0.25, 0.3) is 0 Å². The zero-order valence-electron chi connectivity index (χ0n) is 16.4. The molecule has 2 N–H and O–H groups in total. The number of benzene rings is 1. The number of nitrogens with zero attached hydrogens (tertiary/aromatic N) is 2. The predicted molar refractivity (Wildman–Crippen MR) is 106 cm³/mol. The molecule has 0 radical (unpaired) electrons. The molecule has 0 aliphatic carbocycles. The Balaban J connectivity index is 1.49. The van der Waals surface area contributed by atoms with Crippen LogP contribution in [0.5, 0.6) is 0 Å². The number of amides is 3. The van der Waals surface area contributed by atoms with Gasteiger partial charge < -0.3 is 20.4 Å². The molecular formula is C21H28N4O3. The van der Waals surface area contributed by atoms with E-state index in [4.69, 9.17) is 0 Å². The highest BCUT2D eigenvalue weighted by atomic mass is 16.2. The van der Waals surface area contributed by atoms with Gasteiger partial charge in [0.25, 0.3) is 5.91 Å². The lowest BCUT2D eigenvalue weighted by Gasteiger charge is -2.40. The lowest BCUT2D eigenvalue weighted by molar-refractivity contribution is -0.145. The van der Waals surface area contributed by atoms with Crippen molar-refractivity contribution in [3.05, 3.63) is 29.8 Å². The molecule has 3 aliphatic heterocycles. The molecule has 0 bridgehead atoms. The third kappa shape index (κ3) is 3.45. The van der Waals surface area contributed by atoms with Crippen molar-refractivity contribution in [3.63, 3.8) is 0 Å². The van der Waals surface area contributed by atoms with Crippen LogP contribution in [-0.2, 0) is 9.59 Å². The van der Waals surface area contributed by atoms with Crippen LogP contribution in [0, 0.1) is 0 Å². The van der Waals surface area contributed by atoms with E-state index in [2.05, 4.69) is 10.6 Å². The minimum Gasteiger partial charge on any atom is -0.362 e. The fourth-order valence-corrected chi connectivity index (χ4v) is 4.56. The van der Waals surface area contributed by atoms with Crippen LogP contribution in [0.1, 0.15) is 55.8 Å². The van der Waals surface area contributed by atoms with Gasteiger partial charge in [-0.2, -0.15) is 0 Å². The Hall–Kier alpha value is -2.57. The van der Waals surface area contributed by atoms with Gasteiger partial charge in [0.1, 0.15) is 11.7 Å². The van der Waals surface area contributed by atoms with E-state index >= 15 is 0 Å². The second kappa shape index (κ2) is 7.45.